The van der Waals surface area contributed by atoms with E-state index in [4.69, 9.17) is 19.9 Å². The van der Waals surface area contributed by atoms with Gasteiger partial charge in [-0.25, -0.2) is 19.9 Å². The van der Waals surface area contributed by atoms with Crippen LogP contribution in [0.15, 0.2) is 219 Å². The molecule has 14 aromatic rings. The topological polar surface area (TPSA) is 61.4 Å². The van der Waals surface area contributed by atoms with Gasteiger partial charge in [0.05, 0.1) is 44.5 Å². The van der Waals surface area contributed by atoms with Crippen molar-refractivity contribution in [1.82, 2.24) is 29.1 Å². The fraction of sp³-hybridized carbons (Fsp3) is 0.128. The number of aromatic nitrogens is 6. The summed E-state index contributed by atoms with van der Waals surface area (Å²) < 4.78 is 4.85. The smallest absolute Gasteiger partial charge is 0.235 e. The molecule has 0 bridgehead atoms. The largest absolute Gasteiger partial charge is 0.278 e. The third-order valence-electron chi connectivity index (χ3n) is 20.4. The maximum Gasteiger partial charge on any atom is 0.235 e. The van der Waals surface area contributed by atoms with Gasteiger partial charge in [-0.15, -0.1) is 0 Å². The third-order valence-corrected chi connectivity index (χ3v) is 22.7. The molecule has 2 aliphatic heterocycles. The number of para-hydroxylation sites is 1. The van der Waals surface area contributed by atoms with Crippen LogP contribution in [0.25, 0.3) is 128 Å². The monoisotopic (exact) mass is 1140 g/mol. The molecule has 0 fully saturated rings. The van der Waals surface area contributed by atoms with Gasteiger partial charge < -0.3 is 0 Å². The van der Waals surface area contributed by atoms with Crippen molar-refractivity contribution in [1.29, 1.82) is 0 Å². The molecule has 0 saturated heterocycles. The quantitative estimate of drug-likeness (QED) is 0.176. The molecule has 0 N–H and O–H groups in total. The molecule has 0 unspecified atom stereocenters. The maximum absolute atomic E-state index is 5.75. The van der Waals surface area contributed by atoms with Gasteiger partial charge in [-0.05, 0) is 147 Å². The van der Waals surface area contributed by atoms with Crippen molar-refractivity contribution < 1.29 is 0 Å². The normalized spacial score (nSPS) is 16.2. The molecule has 20 rings (SSSR count). The van der Waals surface area contributed by atoms with E-state index in [0.29, 0.717) is 11.9 Å². The van der Waals surface area contributed by atoms with E-state index in [1.807, 2.05) is 23.5 Å². The molecular weight excluding hydrogens is 1090 g/mol. The number of benzene rings is 10. The van der Waals surface area contributed by atoms with Gasteiger partial charge in [0.25, 0.3) is 0 Å². The van der Waals surface area contributed by atoms with Crippen molar-refractivity contribution >= 4 is 106 Å². The fourth-order valence-corrected chi connectivity index (χ4v) is 19.1. The Labute approximate surface area is 505 Å². The summed E-state index contributed by atoms with van der Waals surface area (Å²) in [4.78, 5) is 27.3. The van der Waals surface area contributed by atoms with Crippen molar-refractivity contribution in [2.45, 2.75) is 83.8 Å². The summed E-state index contributed by atoms with van der Waals surface area (Å²) in [5, 5.41) is 7.16. The average Bonchev–Trinajstić information content (AvgIpc) is 1.56. The Hall–Kier alpha value is -9.34. The minimum Gasteiger partial charge on any atom is -0.278 e. The first kappa shape index (κ1) is 48.0. The lowest BCUT2D eigenvalue weighted by Gasteiger charge is -2.30. The van der Waals surface area contributed by atoms with E-state index in [2.05, 4.69) is 231 Å². The Balaban J connectivity index is 0.799. The molecule has 8 heteroatoms. The summed E-state index contributed by atoms with van der Waals surface area (Å²) in [5.41, 5.74) is 29.8. The van der Waals surface area contributed by atoms with Crippen LogP contribution >= 0.6 is 23.5 Å². The zero-order valence-electron chi connectivity index (χ0n) is 47.8. The van der Waals surface area contributed by atoms with Gasteiger partial charge in [0.2, 0.25) is 11.9 Å². The van der Waals surface area contributed by atoms with Crippen LogP contribution in [0, 0.1) is 0 Å². The molecule has 6 aliphatic rings. The number of nitrogens with zero attached hydrogens (tertiary/aromatic N) is 6. The van der Waals surface area contributed by atoms with Crippen molar-refractivity contribution in [3.05, 3.63) is 244 Å². The van der Waals surface area contributed by atoms with Crippen molar-refractivity contribution in [3.63, 3.8) is 0 Å². The molecule has 10 aromatic carbocycles. The Kier molecular flexibility index (Phi) is 9.34. The Bertz CT molecular complexity index is 5610. The molecule has 6 nitrogen and oxygen atoms in total. The summed E-state index contributed by atoms with van der Waals surface area (Å²) in [7, 11) is 0. The number of aryl methyl sites for hydroxylation is 2. The van der Waals surface area contributed by atoms with Crippen LogP contribution < -0.4 is 0 Å². The van der Waals surface area contributed by atoms with E-state index in [1.54, 1.807) is 0 Å². The first-order chi connectivity index (χ1) is 42.2. The summed E-state index contributed by atoms with van der Waals surface area (Å²) in [6.45, 7) is 9.80. The Morgan fingerprint density at radius 3 is 1.64 bits per heavy atom. The first-order valence-corrected chi connectivity index (χ1v) is 31.8. The number of allylic oxidation sites excluding steroid dienone is 3. The molecule has 4 aromatic heterocycles. The van der Waals surface area contributed by atoms with E-state index in [1.165, 1.54) is 130 Å². The lowest BCUT2D eigenvalue weighted by atomic mass is 9.74. The SMILES string of the molecule is CC1(C)C2=C(CCc3c2ccc2c4ccc(-c5cccc6c5C(C)(C)C5=C6c6ccc7c8ccccc8n(-c8nc9c%10c(cccc%10n8)Sc8ccccc8-9)c7c6CC5)cc4n(-c4nc5c6c(cccc6n4)Sc4ccccc4-5)c32)c2ccccc21. The molecule has 0 radical (unpaired) electrons. The summed E-state index contributed by atoms with van der Waals surface area (Å²) >= 11 is 3.63. The molecule has 0 saturated carbocycles. The molecule has 0 amide bonds. The van der Waals surface area contributed by atoms with Crippen molar-refractivity contribution in [2.75, 3.05) is 0 Å². The van der Waals surface area contributed by atoms with E-state index in [0.717, 1.165) is 81.0 Å². The van der Waals surface area contributed by atoms with Crippen LogP contribution in [0.4, 0.5) is 0 Å². The predicted octanol–water partition coefficient (Wildman–Crippen LogP) is 19.9. The van der Waals surface area contributed by atoms with Crippen molar-refractivity contribution in [3.8, 4) is 45.5 Å². The zero-order valence-corrected chi connectivity index (χ0v) is 49.4. The second-order valence-electron chi connectivity index (χ2n) is 25.4. The fourth-order valence-electron chi connectivity index (χ4n) is 16.9. The summed E-state index contributed by atoms with van der Waals surface area (Å²) in [5.74, 6) is 1.43. The maximum atomic E-state index is 5.75. The zero-order chi connectivity index (χ0) is 56.6. The van der Waals surface area contributed by atoms with Gasteiger partial charge >= 0.3 is 0 Å². The Morgan fingerprint density at radius 1 is 0.395 bits per heavy atom. The minimum atomic E-state index is -0.251. The second-order valence-corrected chi connectivity index (χ2v) is 27.5. The van der Waals surface area contributed by atoms with E-state index >= 15 is 0 Å². The van der Waals surface area contributed by atoms with Crippen LogP contribution in [0.3, 0.4) is 0 Å². The van der Waals surface area contributed by atoms with Crippen LogP contribution in [0.2, 0.25) is 0 Å². The number of rotatable bonds is 3. The third kappa shape index (κ3) is 6.10. The Morgan fingerprint density at radius 2 is 0.930 bits per heavy atom. The van der Waals surface area contributed by atoms with Crippen LogP contribution in [-0.2, 0) is 23.7 Å². The van der Waals surface area contributed by atoms with Gasteiger partial charge in [0, 0.05) is 73.9 Å². The van der Waals surface area contributed by atoms with Gasteiger partial charge in [0.1, 0.15) is 0 Å². The average molecular weight is 1140 g/mol. The van der Waals surface area contributed by atoms with Gasteiger partial charge in [-0.3, -0.25) is 9.13 Å². The van der Waals surface area contributed by atoms with E-state index in [9.17, 15) is 0 Å². The highest BCUT2D eigenvalue weighted by atomic mass is 32.2. The highest BCUT2D eigenvalue weighted by Crippen LogP contribution is 2.59. The summed E-state index contributed by atoms with van der Waals surface area (Å²) in [6, 6.07) is 72.5. The predicted molar refractivity (Wildman–Crippen MR) is 354 cm³/mol. The van der Waals surface area contributed by atoms with Crippen LogP contribution in [0.5, 0.6) is 0 Å². The molecule has 86 heavy (non-hydrogen) atoms. The van der Waals surface area contributed by atoms with Gasteiger partial charge in [0.15, 0.2) is 0 Å². The van der Waals surface area contributed by atoms with Crippen LogP contribution in [-0.4, -0.2) is 29.1 Å². The molecule has 6 heterocycles. The highest BCUT2D eigenvalue weighted by Gasteiger charge is 2.44. The van der Waals surface area contributed by atoms with Gasteiger partial charge in [-0.1, -0.05) is 202 Å². The molecule has 0 atom stereocenters. The molecule has 406 valence electrons. The van der Waals surface area contributed by atoms with E-state index in [-0.39, 0.29) is 10.8 Å². The number of hydrogen-bond donors (Lipinski definition) is 0. The molecule has 4 aliphatic carbocycles. The first-order valence-electron chi connectivity index (χ1n) is 30.2. The van der Waals surface area contributed by atoms with Gasteiger partial charge in [-0.2, -0.15) is 0 Å². The molecule has 0 spiro atoms. The highest BCUT2D eigenvalue weighted by molar-refractivity contribution is 8.00. The number of hydrogen-bond acceptors (Lipinski definition) is 6. The second kappa shape index (κ2) is 16.8. The summed E-state index contributed by atoms with van der Waals surface area (Å²) in [6.07, 6.45) is 3.78. The van der Waals surface area contributed by atoms with Crippen molar-refractivity contribution in [2.24, 2.45) is 0 Å². The lowest BCUT2D eigenvalue weighted by Crippen LogP contribution is -2.20. The number of fused-ring (bicyclic) bond motifs is 20. The van der Waals surface area contributed by atoms with Crippen LogP contribution in [0.1, 0.15) is 85.0 Å². The lowest BCUT2D eigenvalue weighted by molar-refractivity contribution is 0.605. The standard InChI is InChI=1S/C78H52N6S2/c1-77(2)56-22-9-5-16-43(56)47-33-37-52-48(70(47)77)34-36-50-45-31-30-41(40-61(45)84(74(50)52)76-80-59-24-15-29-65-68(59)72(82-76)54-19-8-12-27-63(54)86-65)42-20-13-21-55-66-46-32-35-49-44-17-6-10-25-60(44)83(73(49)51(46)38-39-57(66)78(3,4)69(42)55)75-79-58-23-14-28-64-67(58)71(81-75)53-18-7-11-26-62(53)85-64/h5-32,34-36,40H,33,37-39H2,1-4H3. The molecular formula is C78H52N6S2. The minimum absolute atomic E-state index is 0.142. The van der Waals surface area contributed by atoms with E-state index < -0.39 is 0 Å².